The summed E-state index contributed by atoms with van der Waals surface area (Å²) >= 11 is 0. The van der Waals surface area contributed by atoms with Crippen LogP contribution in [0.25, 0.3) is 54.6 Å². The molecule has 0 atom stereocenters. The molecule has 0 bridgehead atoms. The first-order chi connectivity index (χ1) is 29.0. The fraction of sp³-hybridized carbons (Fsp3) is 0.0526. The van der Waals surface area contributed by atoms with Crippen LogP contribution < -0.4 is 9.80 Å². The van der Waals surface area contributed by atoms with Crippen molar-refractivity contribution in [1.29, 1.82) is 0 Å². The van der Waals surface area contributed by atoms with E-state index < -0.39 is 0 Å². The van der Waals surface area contributed by atoms with Crippen molar-refractivity contribution in [3.8, 4) is 22.3 Å². The number of fused-ring (bicyclic) bond motifs is 5. The maximum absolute atomic E-state index is 2.57. The van der Waals surface area contributed by atoms with E-state index in [1.54, 1.807) is 0 Å². The molecule has 0 spiro atoms. The van der Waals surface area contributed by atoms with Gasteiger partial charge in [0.05, 0.1) is 22.7 Å². The van der Waals surface area contributed by atoms with Gasteiger partial charge in [0.1, 0.15) is 0 Å². The van der Waals surface area contributed by atoms with Gasteiger partial charge in [-0.2, -0.15) is 0 Å². The Bertz CT molecular complexity index is 3190. The van der Waals surface area contributed by atoms with Gasteiger partial charge in [-0.05, 0) is 85.8 Å². The highest BCUT2D eigenvalue weighted by molar-refractivity contribution is 6.11. The molecule has 2 heteroatoms. The maximum atomic E-state index is 2.57. The van der Waals surface area contributed by atoms with Crippen molar-refractivity contribution in [3.63, 3.8) is 0 Å². The Kier molecular flexibility index (Phi) is 8.20. The van der Waals surface area contributed by atoms with Crippen LogP contribution in [-0.4, -0.2) is 0 Å². The lowest BCUT2D eigenvalue weighted by molar-refractivity contribution is 0.632. The molecule has 0 aliphatic carbocycles. The highest BCUT2D eigenvalue weighted by Gasteiger charge is 2.38. The summed E-state index contributed by atoms with van der Waals surface area (Å²) in [6.45, 7) is 4.75. The summed E-state index contributed by atoms with van der Waals surface area (Å²) in [5.41, 5.74) is 14.1. The largest absolute Gasteiger partial charge is 0.310 e. The lowest BCUT2D eigenvalue weighted by atomic mass is 9.73. The summed E-state index contributed by atoms with van der Waals surface area (Å²) in [4.78, 5) is 5.01. The standard InChI is InChI=1S/C57H42N2/c1-57(2)51-27-12-13-28-54(51)59(56-48-25-11-8-20-43(48)32-36-50(56)49-26-14-21-41-18-6-9-23-46(41)49)55-38-45(35-37-52(55)57)58(53-29-15-22-42-19-7-10-24-47(42)53)44-33-30-40(31-34-44)39-16-4-3-5-17-39/h3-38H,1-2H3. The van der Waals surface area contributed by atoms with E-state index in [0.29, 0.717) is 0 Å². The normalized spacial score (nSPS) is 13.0. The predicted octanol–water partition coefficient (Wildman–Crippen LogP) is 16.1. The van der Waals surface area contributed by atoms with Crippen LogP contribution in [0.4, 0.5) is 34.1 Å². The lowest BCUT2D eigenvalue weighted by Gasteiger charge is -2.43. The monoisotopic (exact) mass is 754 g/mol. The third-order valence-electron chi connectivity index (χ3n) is 12.4. The van der Waals surface area contributed by atoms with Crippen LogP contribution in [0.15, 0.2) is 218 Å². The molecule has 0 radical (unpaired) electrons. The smallest absolute Gasteiger partial charge is 0.0618 e. The van der Waals surface area contributed by atoms with Crippen molar-refractivity contribution >= 4 is 66.4 Å². The van der Waals surface area contributed by atoms with Gasteiger partial charge in [-0.15, -0.1) is 0 Å². The van der Waals surface area contributed by atoms with Crippen LogP contribution >= 0.6 is 0 Å². The molecule has 1 heterocycles. The van der Waals surface area contributed by atoms with Gasteiger partial charge < -0.3 is 9.80 Å². The minimum Gasteiger partial charge on any atom is -0.310 e. The molecule has 2 nitrogen and oxygen atoms in total. The number of hydrogen-bond acceptors (Lipinski definition) is 2. The zero-order valence-electron chi connectivity index (χ0n) is 33.2. The third kappa shape index (κ3) is 5.71. The first-order valence-electron chi connectivity index (χ1n) is 20.5. The second-order valence-electron chi connectivity index (χ2n) is 16.1. The van der Waals surface area contributed by atoms with Crippen LogP contribution in [0.3, 0.4) is 0 Å². The average molecular weight is 755 g/mol. The van der Waals surface area contributed by atoms with Crippen molar-refractivity contribution in [3.05, 3.63) is 230 Å². The van der Waals surface area contributed by atoms with Crippen LogP contribution in [0.2, 0.25) is 0 Å². The van der Waals surface area contributed by atoms with Crippen LogP contribution in [-0.2, 0) is 5.41 Å². The molecular formula is C57H42N2. The van der Waals surface area contributed by atoms with Crippen molar-refractivity contribution in [2.75, 3.05) is 9.80 Å². The van der Waals surface area contributed by atoms with Gasteiger partial charge in [-0.1, -0.05) is 196 Å². The van der Waals surface area contributed by atoms with E-state index in [-0.39, 0.29) is 5.41 Å². The summed E-state index contributed by atoms with van der Waals surface area (Å²) in [6, 6.07) is 80.1. The maximum Gasteiger partial charge on any atom is 0.0618 e. The molecule has 0 saturated carbocycles. The first-order valence-corrected chi connectivity index (χ1v) is 20.5. The van der Waals surface area contributed by atoms with Gasteiger partial charge in [-0.3, -0.25) is 0 Å². The number of hydrogen-bond donors (Lipinski definition) is 0. The minimum absolute atomic E-state index is 0.257. The Labute approximate surface area is 345 Å². The van der Waals surface area contributed by atoms with Crippen molar-refractivity contribution in [1.82, 2.24) is 0 Å². The molecule has 1 aliphatic rings. The highest BCUT2D eigenvalue weighted by atomic mass is 15.2. The number of nitrogens with zero attached hydrogens (tertiary/aromatic N) is 2. The molecular weight excluding hydrogens is 713 g/mol. The molecule has 59 heavy (non-hydrogen) atoms. The Morgan fingerprint density at radius 1 is 0.373 bits per heavy atom. The molecule has 0 saturated heterocycles. The molecule has 0 aromatic heterocycles. The second-order valence-corrected chi connectivity index (χ2v) is 16.1. The molecule has 280 valence electrons. The fourth-order valence-electron chi connectivity index (χ4n) is 9.52. The quantitative estimate of drug-likeness (QED) is 0.167. The second kappa shape index (κ2) is 13.9. The molecule has 0 N–H and O–H groups in total. The van der Waals surface area contributed by atoms with Crippen molar-refractivity contribution in [2.45, 2.75) is 19.3 Å². The average Bonchev–Trinajstić information content (AvgIpc) is 3.29. The number of rotatable bonds is 6. The predicted molar refractivity (Wildman–Crippen MR) is 251 cm³/mol. The van der Waals surface area contributed by atoms with E-state index in [4.69, 9.17) is 0 Å². The van der Waals surface area contributed by atoms with E-state index >= 15 is 0 Å². The van der Waals surface area contributed by atoms with Crippen LogP contribution in [0.1, 0.15) is 25.0 Å². The topological polar surface area (TPSA) is 6.48 Å². The number of benzene rings is 10. The Morgan fingerprint density at radius 3 is 1.71 bits per heavy atom. The molecule has 10 aromatic rings. The van der Waals surface area contributed by atoms with Gasteiger partial charge in [0.2, 0.25) is 0 Å². The van der Waals surface area contributed by atoms with Crippen LogP contribution in [0.5, 0.6) is 0 Å². The minimum atomic E-state index is -0.257. The van der Waals surface area contributed by atoms with E-state index in [9.17, 15) is 0 Å². The SMILES string of the molecule is CC1(C)c2ccccc2N(c2c(-c3cccc4ccccc34)ccc3ccccc23)c2cc(N(c3ccc(-c4ccccc4)cc3)c3cccc4ccccc34)ccc21. The summed E-state index contributed by atoms with van der Waals surface area (Å²) in [7, 11) is 0. The van der Waals surface area contributed by atoms with Gasteiger partial charge in [0.25, 0.3) is 0 Å². The highest BCUT2D eigenvalue weighted by Crippen LogP contribution is 2.56. The third-order valence-corrected chi connectivity index (χ3v) is 12.4. The molecule has 10 aromatic carbocycles. The molecule has 0 fully saturated rings. The van der Waals surface area contributed by atoms with E-state index in [0.717, 1.165) is 17.1 Å². The van der Waals surface area contributed by atoms with E-state index in [2.05, 4.69) is 242 Å². The van der Waals surface area contributed by atoms with Gasteiger partial charge in [0.15, 0.2) is 0 Å². The Hall–Kier alpha value is -7.42. The zero-order chi connectivity index (χ0) is 39.5. The summed E-state index contributed by atoms with van der Waals surface area (Å²) in [5.74, 6) is 0. The summed E-state index contributed by atoms with van der Waals surface area (Å²) in [5, 5.41) is 7.31. The summed E-state index contributed by atoms with van der Waals surface area (Å²) < 4.78 is 0. The van der Waals surface area contributed by atoms with Gasteiger partial charge in [-0.25, -0.2) is 0 Å². The van der Waals surface area contributed by atoms with E-state index in [1.807, 2.05) is 0 Å². The lowest BCUT2D eigenvalue weighted by Crippen LogP contribution is -2.31. The van der Waals surface area contributed by atoms with Gasteiger partial charge >= 0.3 is 0 Å². The Morgan fingerprint density at radius 2 is 0.932 bits per heavy atom. The Balaban J connectivity index is 1.19. The fourth-order valence-corrected chi connectivity index (χ4v) is 9.52. The van der Waals surface area contributed by atoms with Gasteiger partial charge in [0, 0.05) is 33.1 Å². The number of anilines is 6. The number of para-hydroxylation sites is 1. The van der Waals surface area contributed by atoms with Crippen molar-refractivity contribution in [2.24, 2.45) is 0 Å². The zero-order valence-corrected chi connectivity index (χ0v) is 33.2. The first kappa shape index (κ1) is 34.8. The summed E-state index contributed by atoms with van der Waals surface area (Å²) in [6.07, 6.45) is 0. The van der Waals surface area contributed by atoms with E-state index in [1.165, 1.54) is 82.8 Å². The van der Waals surface area contributed by atoms with Crippen LogP contribution in [0, 0.1) is 0 Å². The molecule has 0 amide bonds. The van der Waals surface area contributed by atoms with Crippen molar-refractivity contribution < 1.29 is 0 Å². The molecule has 0 unspecified atom stereocenters. The molecule has 11 rings (SSSR count). The molecule has 1 aliphatic heterocycles.